The Kier molecular flexibility index (Phi) is 5.08. The van der Waals surface area contributed by atoms with E-state index in [9.17, 15) is 18.8 Å². The molecule has 1 saturated heterocycles. The molecule has 6 nitrogen and oxygen atoms in total. The minimum Gasteiger partial charge on any atom is -0.494 e. The van der Waals surface area contributed by atoms with E-state index in [1.54, 1.807) is 0 Å². The number of amides is 2. The second kappa shape index (κ2) is 7.02. The number of carbonyl (C=O) groups excluding carboxylic acids is 3. The number of halogens is 1. The minimum atomic E-state index is -0.921. The van der Waals surface area contributed by atoms with E-state index in [4.69, 9.17) is 4.74 Å². The predicted octanol–water partition coefficient (Wildman–Crippen LogP) is 0.368. The molecule has 1 heterocycles. The van der Waals surface area contributed by atoms with Crippen molar-refractivity contribution in [2.24, 2.45) is 5.92 Å². The first-order valence-corrected chi connectivity index (χ1v) is 6.94. The number of nitrogens with one attached hydrogen (secondary N) is 1. The Morgan fingerprint density at radius 2 is 2.05 bits per heavy atom. The molecule has 0 aromatic heterocycles. The molecule has 1 N–H and O–H groups in total. The summed E-state index contributed by atoms with van der Waals surface area (Å²) in [4.78, 5) is 35.9. The monoisotopic (exact) mass is 308 g/mol. The van der Waals surface area contributed by atoms with Gasteiger partial charge in [0, 0.05) is 20.1 Å². The Hall–Kier alpha value is -2.44. The van der Waals surface area contributed by atoms with Crippen LogP contribution in [0.2, 0.25) is 0 Å². The zero-order valence-corrected chi connectivity index (χ0v) is 12.2. The van der Waals surface area contributed by atoms with Crippen LogP contribution in [-0.4, -0.2) is 49.2 Å². The van der Waals surface area contributed by atoms with Crippen molar-refractivity contribution in [3.05, 3.63) is 30.1 Å². The fourth-order valence-electron chi connectivity index (χ4n) is 2.11. The summed E-state index contributed by atoms with van der Waals surface area (Å²) < 4.78 is 18.1. The lowest BCUT2D eigenvalue weighted by atomic mass is 10.1. The maximum Gasteiger partial charge on any atom is 0.290 e. The van der Waals surface area contributed by atoms with Gasteiger partial charge in [-0.1, -0.05) is 0 Å². The van der Waals surface area contributed by atoms with E-state index >= 15 is 0 Å². The molecule has 22 heavy (non-hydrogen) atoms. The maximum atomic E-state index is 12.7. The van der Waals surface area contributed by atoms with E-state index in [1.807, 2.05) is 0 Å². The SMILES string of the molecule is CN1CC(C(=O)NCCCOc2ccc(F)cc2)C(=O)C1=O. The number of ether oxygens (including phenoxy) is 1. The summed E-state index contributed by atoms with van der Waals surface area (Å²) >= 11 is 0. The van der Waals surface area contributed by atoms with Crippen LogP contribution in [0.5, 0.6) is 5.75 Å². The second-order valence-electron chi connectivity index (χ2n) is 5.05. The first-order chi connectivity index (χ1) is 10.5. The van der Waals surface area contributed by atoms with Gasteiger partial charge in [0.2, 0.25) is 11.7 Å². The maximum absolute atomic E-state index is 12.7. The van der Waals surface area contributed by atoms with Crippen molar-refractivity contribution >= 4 is 17.6 Å². The highest BCUT2D eigenvalue weighted by atomic mass is 19.1. The van der Waals surface area contributed by atoms with Crippen LogP contribution in [0.1, 0.15) is 6.42 Å². The van der Waals surface area contributed by atoms with Gasteiger partial charge in [-0.2, -0.15) is 0 Å². The van der Waals surface area contributed by atoms with Gasteiger partial charge in [0.1, 0.15) is 17.5 Å². The highest BCUT2D eigenvalue weighted by Gasteiger charge is 2.41. The molecule has 1 fully saturated rings. The predicted molar refractivity (Wildman–Crippen MR) is 75.7 cm³/mol. The number of benzene rings is 1. The van der Waals surface area contributed by atoms with Crippen molar-refractivity contribution in [1.29, 1.82) is 0 Å². The molecule has 118 valence electrons. The Bertz CT molecular complexity index is 573. The van der Waals surface area contributed by atoms with Gasteiger partial charge in [-0.15, -0.1) is 0 Å². The smallest absolute Gasteiger partial charge is 0.290 e. The number of ketones is 1. The summed E-state index contributed by atoms with van der Waals surface area (Å²) in [5.41, 5.74) is 0. The van der Waals surface area contributed by atoms with Gasteiger partial charge in [0.15, 0.2) is 0 Å². The van der Waals surface area contributed by atoms with Gasteiger partial charge in [-0.3, -0.25) is 14.4 Å². The van der Waals surface area contributed by atoms with E-state index in [1.165, 1.54) is 36.2 Å². The second-order valence-corrected chi connectivity index (χ2v) is 5.05. The number of likely N-dealkylation sites (tertiary alicyclic amines) is 1. The fraction of sp³-hybridized carbons (Fsp3) is 0.400. The molecule has 1 aromatic rings. The van der Waals surface area contributed by atoms with Crippen LogP contribution in [0.15, 0.2) is 24.3 Å². The van der Waals surface area contributed by atoms with E-state index in [0.29, 0.717) is 25.3 Å². The third-order valence-corrected chi connectivity index (χ3v) is 3.35. The molecule has 1 atom stereocenters. The van der Waals surface area contributed by atoms with Crippen LogP contribution in [0.4, 0.5) is 4.39 Å². The highest BCUT2D eigenvalue weighted by Crippen LogP contribution is 2.13. The molecule has 0 aliphatic carbocycles. The summed E-state index contributed by atoms with van der Waals surface area (Å²) in [6, 6.07) is 5.64. The van der Waals surface area contributed by atoms with Crippen LogP contribution in [0, 0.1) is 11.7 Å². The van der Waals surface area contributed by atoms with Crippen LogP contribution < -0.4 is 10.1 Å². The lowest BCUT2D eigenvalue weighted by Crippen LogP contribution is -2.36. The number of hydrogen-bond donors (Lipinski definition) is 1. The van der Waals surface area contributed by atoms with Gasteiger partial charge in [-0.05, 0) is 30.7 Å². The van der Waals surface area contributed by atoms with E-state index in [2.05, 4.69) is 5.32 Å². The molecule has 1 aliphatic rings. The van der Waals surface area contributed by atoms with Crippen LogP contribution in [0.3, 0.4) is 0 Å². The van der Waals surface area contributed by atoms with Gasteiger partial charge < -0.3 is 15.0 Å². The van der Waals surface area contributed by atoms with E-state index < -0.39 is 23.5 Å². The molecule has 1 aromatic carbocycles. The number of carbonyl (C=O) groups is 3. The highest BCUT2D eigenvalue weighted by molar-refractivity contribution is 6.42. The molecule has 1 unspecified atom stereocenters. The van der Waals surface area contributed by atoms with Crippen molar-refractivity contribution in [2.75, 3.05) is 26.7 Å². The quantitative estimate of drug-likeness (QED) is 0.468. The lowest BCUT2D eigenvalue weighted by molar-refractivity contribution is -0.142. The van der Waals surface area contributed by atoms with E-state index in [0.717, 1.165) is 0 Å². The molecule has 2 amide bonds. The van der Waals surface area contributed by atoms with Gasteiger partial charge in [0.25, 0.3) is 5.91 Å². The molecule has 0 saturated carbocycles. The molecule has 2 rings (SSSR count). The molecule has 7 heteroatoms. The molecular formula is C15H17FN2O4. The van der Waals surface area contributed by atoms with Gasteiger partial charge in [-0.25, -0.2) is 4.39 Å². The largest absolute Gasteiger partial charge is 0.494 e. The summed E-state index contributed by atoms with van der Waals surface area (Å²) in [5, 5.41) is 2.61. The molecule has 1 aliphatic heterocycles. The average molecular weight is 308 g/mol. The number of Topliss-reactive ketones (excluding diaryl/α,β-unsaturated/α-hetero) is 1. The molecular weight excluding hydrogens is 291 g/mol. The topological polar surface area (TPSA) is 75.7 Å². The van der Waals surface area contributed by atoms with Crippen LogP contribution >= 0.6 is 0 Å². The van der Waals surface area contributed by atoms with Gasteiger partial charge in [0.05, 0.1) is 6.61 Å². The van der Waals surface area contributed by atoms with Crippen molar-refractivity contribution in [3.8, 4) is 5.75 Å². The van der Waals surface area contributed by atoms with Crippen molar-refractivity contribution in [3.63, 3.8) is 0 Å². The Morgan fingerprint density at radius 1 is 1.36 bits per heavy atom. The van der Waals surface area contributed by atoms with Crippen LogP contribution in [0.25, 0.3) is 0 Å². The third-order valence-electron chi connectivity index (χ3n) is 3.35. The van der Waals surface area contributed by atoms with Crippen LogP contribution in [-0.2, 0) is 14.4 Å². The normalized spacial score (nSPS) is 17.7. The molecule has 0 radical (unpaired) electrons. The zero-order valence-electron chi connectivity index (χ0n) is 12.2. The van der Waals surface area contributed by atoms with Crippen molar-refractivity contribution in [2.45, 2.75) is 6.42 Å². The summed E-state index contributed by atoms with van der Waals surface area (Å²) in [6.07, 6.45) is 0.536. The summed E-state index contributed by atoms with van der Waals surface area (Å²) in [7, 11) is 1.49. The number of rotatable bonds is 6. The number of nitrogens with zero attached hydrogens (tertiary/aromatic N) is 1. The molecule has 0 bridgehead atoms. The first-order valence-electron chi connectivity index (χ1n) is 6.94. The number of hydrogen-bond acceptors (Lipinski definition) is 4. The Morgan fingerprint density at radius 3 is 2.64 bits per heavy atom. The first kappa shape index (κ1) is 15.9. The fourth-order valence-corrected chi connectivity index (χ4v) is 2.11. The zero-order chi connectivity index (χ0) is 16.1. The standard InChI is InChI=1S/C15H17FN2O4/c1-18-9-12(13(19)15(18)21)14(20)17-7-2-8-22-11-5-3-10(16)4-6-11/h3-6,12H,2,7-9H2,1H3,(H,17,20). The Labute approximate surface area is 127 Å². The summed E-state index contributed by atoms with van der Waals surface area (Å²) in [6.45, 7) is 0.806. The van der Waals surface area contributed by atoms with Gasteiger partial charge >= 0.3 is 0 Å². The average Bonchev–Trinajstić information content (AvgIpc) is 2.76. The van der Waals surface area contributed by atoms with Crippen molar-refractivity contribution < 1.29 is 23.5 Å². The summed E-state index contributed by atoms with van der Waals surface area (Å²) in [5.74, 6) is -2.44. The minimum absolute atomic E-state index is 0.121. The Balaban J connectivity index is 1.66. The molecule has 0 spiro atoms. The van der Waals surface area contributed by atoms with Crippen molar-refractivity contribution in [1.82, 2.24) is 10.2 Å². The third kappa shape index (κ3) is 3.81. The lowest BCUT2D eigenvalue weighted by Gasteiger charge is -2.10. The van der Waals surface area contributed by atoms with E-state index in [-0.39, 0.29) is 12.4 Å². The number of likely N-dealkylation sites (N-methyl/N-ethyl adjacent to an activating group) is 1.